The fourth-order valence-electron chi connectivity index (χ4n) is 11.4. The maximum atomic E-state index is 12.9. The molecular weight excluding hydrogens is 576 g/mol. The molecule has 4 aliphatic carbocycles. The van der Waals surface area contributed by atoms with E-state index in [1.165, 1.54) is 62.7 Å². The fraction of sp³-hybridized carbons (Fsp3) is 0.923. The van der Waals surface area contributed by atoms with Crippen LogP contribution in [0.25, 0.3) is 0 Å². The van der Waals surface area contributed by atoms with Crippen LogP contribution in [-0.4, -0.2) is 53.7 Å². The van der Waals surface area contributed by atoms with Gasteiger partial charge in [-0.25, -0.2) is 4.79 Å². The van der Waals surface area contributed by atoms with Crippen molar-refractivity contribution in [2.24, 2.45) is 52.3 Å². The Hall–Kier alpha value is -1.79. The van der Waals surface area contributed by atoms with Crippen molar-refractivity contribution in [3.8, 4) is 0 Å². The van der Waals surface area contributed by atoms with Gasteiger partial charge in [0.1, 0.15) is 24.3 Å². The number of carbonyl (C=O) groups excluding carboxylic acids is 3. The highest BCUT2D eigenvalue weighted by Gasteiger charge is 2.60. The molecule has 0 aromatic carbocycles. The molecule has 1 N–H and O–H groups in total. The Morgan fingerprint density at radius 3 is 2.33 bits per heavy atom. The number of ether oxygens (including phenoxy) is 2. The van der Waals surface area contributed by atoms with Crippen molar-refractivity contribution in [3.63, 3.8) is 0 Å². The van der Waals surface area contributed by atoms with Crippen LogP contribution in [0.1, 0.15) is 145 Å². The summed E-state index contributed by atoms with van der Waals surface area (Å²) < 4.78 is 11.5. The van der Waals surface area contributed by atoms with Crippen molar-refractivity contribution in [1.29, 1.82) is 0 Å². The summed E-state index contributed by atoms with van der Waals surface area (Å²) in [4.78, 5) is 39.9. The molecule has 0 spiro atoms. The third-order valence-corrected chi connectivity index (χ3v) is 13.7. The molecule has 0 aromatic rings. The average molecular weight is 643 g/mol. The van der Waals surface area contributed by atoms with Crippen molar-refractivity contribution in [2.75, 3.05) is 13.1 Å². The van der Waals surface area contributed by atoms with Gasteiger partial charge in [0.05, 0.1) is 0 Å². The Bertz CT molecular complexity index is 1100. The van der Waals surface area contributed by atoms with Gasteiger partial charge in [-0.15, -0.1) is 0 Å². The van der Waals surface area contributed by atoms with Gasteiger partial charge in [0.2, 0.25) is 5.91 Å². The van der Waals surface area contributed by atoms with Gasteiger partial charge in [0, 0.05) is 6.54 Å². The first-order chi connectivity index (χ1) is 21.6. The normalized spacial score (nSPS) is 38.0. The second-order valence-electron chi connectivity index (χ2n) is 18.1. The van der Waals surface area contributed by atoms with E-state index in [-0.39, 0.29) is 24.5 Å². The summed E-state index contributed by atoms with van der Waals surface area (Å²) in [6, 6.07) is -0.603. The van der Waals surface area contributed by atoms with E-state index in [0.29, 0.717) is 29.7 Å². The van der Waals surface area contributed by atoms with Gasteiger partial charge in [-0.3, -0.25) is 14.5 Å². The van der Waals surface area contributed by atoms with Gasteiger partial charge in [-0.1, -0.05) is 53.9 Å². The number of amides is 2. The van der Waals surface area contributed by atoms with Crippen LogP contribution in [0.15, 0.2) is 0 Å². The number of nitrogens with one attached hydrogen (secondary N) is 1. The van der Waals surface area contributed by atoms with Gasteiger partial charge in [-0.05, 0) is 144 Å². The first-order valence-corrected chi connectivity index (χ1v) is 19.1. The standard InChI is InChI=1S/C39H66N2O5/c1-25(2)11-9-12-26(3)30-16-17-31-29-15-14-27-23-28(18-20-38(27,7)32(29)19-21-39(30,31)8)45-34(42)24-40-35(43)33-13-10-22-41(33)36(44)46-37(4,5)6/h25-33H,9-24H2,1-8H3,(H,40,43)/t26-,27?,28?,29+,30-,31+,32+,33+,38+,39-/m1/s1. The van der Waals surface area contributed by atoms with Crippen molar-refractivity contribution in [2.45, 2.75) is 163 Å². The fourth-order valence-corrected chi connectivity index (χ4v) is 11.4. The molecule has 2 amide bonds. The van der Waals surface area contributed by atoms with E-state index in [1.54, 1.807) is 0 Å². The van der Waals surface area contributed by atoms with Crippen molar-refractivity contribution in [3.05, 3.63) is 0 Å². The lowest BCUT2D eigenvalue weighted by atomic mass is 9.44. The number of likely N-dealkylation sites (tertiary alicyclic amines) is 1. The molecule has 5 rings (SSSR count). The van der Waals surface area contributed by atoms with Gasteiger partial charge < -0.3 is 14.8 Å². The summed E-state index contributed by atoms with van der Waals surface area (Å²) in [5.41, 5.74) is 0.236. The molecular formula is C39H66N2O5. The quantitative estimate of drug-likeness (QED) is 0.255. The predicted molar refractivity (Wildman–Crippen MR) is 182 cm³/mol. The largest absolute Gasteiger partial charge is 0.461 e. The number of rotatable bonds is 9. The number of hydrogen-bond acceptors (Lipinski definition) is 5. The van der Waals surface area contributed by atoms with Gasteiger partial charge >= 0.3 is 12.1 Å². The maximum absolute atomic E-state index is 12.9. The Balaban J connectivity index is 1.10. The molecule has 7 heteroatoms. The first-order valence-electron chi connectivity index (χ1n) is 19.1. The minimum absolute atomic E-state index is 0.0693. The molecule has 0 radical (unpaired) electrons. The van der Waals surface area contributed by atoms with Gasteiger partial charge in [-0.2, -0.15) is 0 Å². The summed E-state index contributed by atoms with van der Waals surface area (Å²) in [6.45, 7) is 18.3. The molecule has 0 aromatic heterocycles. The predicted octanol–water partition coefficient (Wildman–Crippen LogP) is 8.54. The summed E-state index contributed by atoms with van der Waals surface area (Å²) in [7, 11) is 0. The Labute approximate surface area is 280 Å². The zero-order valence-corrected chi connectivity index (χ0v) is 30.5. The molecule has 1 saturated heterocycles. The third-order valence-electron chi connectivity index (χ3n) is 13.7. The van der Waals surface area contributed by atoms with Crippen LogP contribution in [0.3, 0.4) is 0 Å². The monoisotopic (exact) mass is 642 g/mol. The topological polar surface area (TPSA) is 84.9 Å². The van der Waals surface area contributed by atoms with Crippen molar-refractivity contribution < 1.29 is 23.9 Å². The van der Waals surface area contributed by atoms with Crippen molar-refractivity contribution in [1.82, 2.24) is 10.2 Å². The van der Waals surface area contributed by atoms with Crippen molar-refractivity contribution >= 4 is 18.0 Å². The van der Waals surface area contributed by atoms with Crippen LogP contribution in [0.2, 0.25) is 0 Å². The second-order valence-corrected chi connectivity index (χ2v) is 18.1. The average Bonchev–Trinajstić information content (AvgIpc) is 3.60. The molecule has 1 heterocycles. The lowest BCUT2D eigenvalue weighted by Gasteiger charge is -2.61. The van der Waals surface area contributed by atoms with E-state index in [4.69, 9.17) is 9.47 Å². The number of hydrogen-bond donors (Lipinski definition) is 1. The summed E-state index contributed by atoms with van der Waals surface area (Å²) >= 11 is 0. The van der Waals surface area contributed by atoms with Crippen LogP contribution < -0.4 is 5.32 Å². The molecule has 7 nitrogen and oxygen atoms in total. The SMILES string of the molecule is CC(C)CCC[C@@H](C)[C@H]1CC[C@H]2[C@@H]3CCC4CC(OC(=O)CNC(=O)[C@@H]5CCCN5C(=O)OC(C)(C)C)CC[C@]4(C)[C@H]3CC[C@]12C. The second kappa shape index (κ2) is 14.0. The molecule has 5 fully saturated rings. The summed E-state index contributed by atoms with van der Waals surface area (Å²) in [5, 5.41) is 2.75. The number of carbonyl (C=O) groups is 3. The van der Waals surface area contributed by atoms with Crippen LogP contribution >= 0.6 is 0 Å². The van der Waals surface area contributed by atoms with E-state index in [1.807, 2.05) is 20.8 Å². The summed E-state index contributed by atoms with van der Waals surface area (Å²) in [5.74, 6) is 5.01. The highest BCUT2D eigenvalue weighted by Crippen LogP contribution is 2.68. The highest BCUT2D eigenvalue weighted by atomic mass is 16.6. The zero-order chi connectivity index (χ0) is 33.4. The lowest BCUT2D eigenvalue weighted by molar-refractivity contribution is -0.162. The molecule has 0 bridgehead atoms. The molecule has 46 heavy (non-hydrogen) atoms. The molecule has 262 valence electrons. The van der Waals surface area contributed by atoms with E-state index >= 15 is 0 Å². The van der Waals surface area contributed by atoms with Crippen LogP contribution in [0.4, 0.5) is 4.79 Å². The van der Waals surface area contributed by atoms with Crippen LogP contribution in [-0.2, 0) is 19.1 Å². The smallest absolute Gasteiger partial charge is 0.410 e. The van der Waals surface area contributed by atoms with Gasteiger partial charge in [0.25, 0.3) is 0 Å². The summed E-state index contributed by atoms with van der Waals surface area (Å²) in [6.07, 6.45) is 16.1. The third kappa shape index (κ3) is 7.43. The van der Waals surface area contributed by atoms with Gasteiger partial charge in [0.15, 0.2) is 0 Å². The van der Waals surface area contributed by atoms with E-state index in [0.717, 1.165) is 61.2 Å². The molecule has 2 unspecified atom stereocenters. The maximum Gasteiger partial charge on any atom is 0.410 e. The van der Waals surface area contributed by atoms with Crippen LogP contribution in [0.5, 0.6) is 0 Å². The minimum atomic E-state index is -0.623. The van der Waals surface area contributed by atoms with Crippen LogP contribution in [0, 0.1) is 52.3 Å². The lowest BCUT2D eigenvalue weighted by Crippen LogP contribution is -2.54. The number of nitrogens with zero attached hydrogens (tertiary/aromatic N) is 1. The van der Waals surface area contributed by atoms with E-state index in [9.17, 15) is 14.4 Å². The van der Waals surface area contributed by atoms with E-state index < -0.39 is 17.7 Å². The Morgan fingerprint density at radius 1 is 0.891 bits per heavy atom. The number of esters is 1. The zero-order valence-electron chi connectivity index (χ0n) is 30.5. The number of fused-ring (bicyclic) bond motifs is 5. The Kier molecular flexibility index (Phi) is 10.8. The first kappa shape index (κ1) is 35.5. The van der Waals surface area contributed by atoms with E-state index in [2.05, 4.69) is 39.9 Å². The molecule has 4 saturated carbocycles. The molecule has 5 aliphatic rings. The molecule has 1 aliphatic heterocycles. The Morgan fingerprint density at radius 2 is 1.61 bits per heavy atom. The minimum Gasteiger partial charge on any atom is -0.461 e. The molecule has 10 atom stereocenters. The highest BCUT2D eigenvalue weighted by molar-refractivity contribution is 5.88.